The first-order chi connectivity index (χ1) is 11.7. The fourth-order valence-corrected chi connectivity index (χ4v) is 3.79. The third-order valence-electron chi connectivity index (χ3n) is 3.56. The predicted octanol–water partition coefficient (Wildman–Crippen LogP) is 3.46. The molecule has 8 heteroatoms. The molecular formula is C16H13N5OS2. The number of thiazole rings is 1. The van der Waals surface area contributed by atoms with E-state index in [1.165, 1.54) is 23.1 Å². The van der Waals surface area contributed by atoms with E-state index in [9.17, 15) is 4.79 Å². The maximum absolute atomic E-state index is 12.3. The normalized spacial score (nSPS) is 12.5. The van der Waals surface area contributed by atoms with E-state index in [0.29, 0.717) is 10.3 Å². The van der Waals surface area contributed by atoms with E-state index >= 15 is 0 Å². The number of nitrogens with zero attached hydrogens (tertiary/aromatic N) is 4. The van der Waals surface area contributed by atoms with Gasteiger partial charge in [0.05, 0.1) is 10.8 Å². The van der Waals surface area contributed by atoms with Gasteiger partial charge in [0, 0.05) is 11.6 Å². The van der Waals surface area contributed by atoms with Crippen LogP contribution >= 0.6 is 23.1 Å². The number of aromatic nitrogens is 4. The standard InChI is InChI=1S/C16H13N5OS2/c1-10(14(22)18-15-17-8-9-23-15)24-16-20-19-13-7-6-11-4-2-3-5-12(11)21(13)16/h2-10H,1H3,(H,17,18,22)/t10-/m1/s1. The van der Waals surface area contributed by atoms with Crippen molar-refractivity contribution in [2.24, 2.45) is 0 Å². The molecule has 0 aliphatic rings. The summed E-state index contributed by atoms with van der Waals surface area (Å²) in [5.74, 6) is -0.105. The first-order valence-corrected chi connectivity index (χ1v) is 9.08. The van der Waals surface area contributed by atoms with E-state index in [-0.39, 0.29) is 11.2 Å². The van der Waals surface area contributed by atoms with Gasteiger partial charge in [0.2, 0.25) is 5.91 Å². The molecule has 0 fully saturated rings. The molecular weight excluding hydrogens is 342 g/mol. The second-order valence-corrected chi connectivity index (χ2v) is 7.36. The van der Waals surface area contributed by atoms with Gasteiger partial charge in [-0.25, -0.2) is 4.98 Å². The minimum Gasteiger partial charge on any atom is -0.301 e. The molecule has 4 aromatic rings. The van der Waals surface area contributed by atoms with Gasteiger partial charge in [-0.3, -0.25) is 9.20 Å². The van der Waals surface area contributed by atoms with Gasteiger partial charge in [-0.15, -0.1) is 21.5 Å². The summed E-state index contributed by atoms with van der Waals surface area (Å²) in [4.78, 5) is 16.4. The van der Waals surface area contributed by atoms with Crippen LogP contribution in [0.15, 0.2) is 53.1 Å². The third-order valence-corrected chi connectivity index (χ3v) is 5.29. The molecule has 0 saturated carbocycles. The molecule has 1 amide bonds. The number of rotatable bonds is 4. The molecule has 1 N–H and O–H groups in total. The van der Waals surface area contributed by atoms with E-state index in [1.807, 2.05) is 53.1 Å². The van der Waals surface area contributed by atoms with E-state index in [4.69, 9.17) is 0 Å². The summed E-state index contributed by atoms with van der Waals surface area (Å²) in [7, 11) is 0. The summed E-state index contributed by atoms with van der Waals surface area (Å²) >= 11 is 2.77. The number of hydrogen-bond acceptors (Lipinski definition) is 6. The van der Waals surface area contributed by atoms with Crippen molar-refractivity contribution < 1.29 is 4.79 Å². The lowest BCUT2D eigenvalue weighted by Gasteiger charge is -2.10. The Balaban J connectivity index is 1.64. The quantitative estimate of drug-likeness (QED) is 0.568. The SMILES string of the molecule is C[C@@H](Sc1nnc2ccc3ccccc3n12)C(=O)Nc1nccs1. The molecule has 0 radical (unpaired) electrons. The van der Waals surface area contributed by atoms with Crippen molar-refractivity contribution in [1.82, 2.24) is 19.6 Å². The van der Waals surface area contributed by atoms with E-state index in [0.717, 1.165) is 16.6 Å². The summed E-state index contributed by atoms with van der Waals surface area (Å²) in [6, 6.07) is 12.0. The number of para-hydroxylation sites is 1. The van der Waals surface area contributed by atoms with Crippen molar-refractivity contribution in [3.8, 4) is 0 Å². The van der Waals surface area contributed by atoms with E-state index in [2.05, 4.69) is 20.5 Å². The maximum Gasteiger partial charge on any atom is 0.239 e. The Morgan fingerprint density at radius 1 is 1.25 bits per heavy atom. The van der Waals surface area contributed by atoms with Crippen LogP contribution in [0.3, 0.4) is 0 Å². The summed E-state index contributed by atoms with van der Waals surface area (Å²) in [5, 5.41) is 15.2. The molecule has 120 valence electrons. The number of hydrogen-bond donors (Lipinski definition) is 1. The molecule has 0 bridgehead atoms. The molecule has 6 nitrogen and oxygen atoms in total. The number of pyridine rings is 1. The first-order valence-electron chi connectivity index (χ1n) is 7.32. The largest absolute Gasteiger partial charge is 0.301 e. The van der Waals surface area contributed by atoms with Crippen molar-refractivity contribution in [3.05, 3.63) is 48.0 Å². The van der Waals surface area contributed by atoms with Crippen LogP contribution in [0.4, 0.5) is 5.13 Å². The molecule has 0 saturated heterocycles. The van der Waals surface area contributed by atoms with Gasteiger partial charge in [-0.2, -0.15) is 0 Å². The zero-order chi connectivity index (χ0) is 16.5. The van der Waals surface area contributed by atoms with Crippen molar-refractivity contribution >= 4 is 50.7 Å². The van der Waals surface area contributed by atoms with Crippen LogP contribution in [0.2, 0.25) is 0 Å². The highest BCUT2D eigenvalue weighted by Gasteiger charge is 2.19. The van der Waals surface area contributed by atoms with Gasteiger partial charge in [0.1, 0.15) is 0 Å². The summed E-state index contributed by atoms with van der Waals surface area (Å²) in [6.45, 7) is 1.85. The van der Waals surface area contributed by atoms with Crippen molar-refractivity contribution in [3.63, 3.8) is 0 Å². The Kier molecular flexibility index (Phi) is 3.91. The monoisotopic (exact) mass is 355 g/mol. The topological polar surface area (TPSA) is 72.2 Å². The van der Waals surface area contributed by atoms with Crippen LogP contribution in [-0.4, -0.2) is 30.7 Å². The Morgan fingerprint density at radius 2 is 2.12 bits per heavy atom. The first kappa shape index (κ1) is 15.1. The highest BCUT2D eigenvalue weighted by atomic mass is 32.2. The van der Waals surface area contributed by atoms with E-state index in [1.54, 1.807) is 6.20 Å². The molecule has 3 aromatic heterocycles. The number of thioether (sulfide) groups is 1. The van der Waals surface area contributed by atoms with Crippen LogP contribution in [0.25, 0.3) is 16.6 Å². The molecule has 3 heterocycles. The number of nitrogens with one attached hydrogen (secondary N) is 1. The van der Waals surface area contributed by atoms with Crippen LogP contribution < -0.4 is 5.32 Å². The number of amides is 1. The molecule has 4 rings (SSSR count). The number of benzene rings is 1. The fraction of sp³-hybridized carbons (Fsp3) is 0.125. The zero-order valence-corrected chi connectivity index (χ0v) is 14.3. The zero-order valence-electron chi connectivity index (χ0n) is 12.7. The van der Waals surface area contributed by atoms with Gasteiger partial charge in [0.15, 0.2) is 15.9 Å². The number of carbonyl (C=O) groups excluding carboxylic acids is 1. The summed E-state index contributed by atoms with van der Waals surface area (Å²) in [6.07, 6.45) is 1.66. The minimum atomic E-state index is -0.319. The number of anilines is 1. The van der Waals surface area contributed by atoms with E-state index < -0.39 is 0 Å². The lowest BCUT2D eigenvalue weighted by atomic mass is 10.2. The molecule has 0 spiro atoms. The second kappa shape index (κ2) is 6.21. The minimum absolute atomic E-state index is 0.105. The Bertz CT molecular complexity index is 1010. The average Bonchev–Trinajstić information content (AvgIpc) is 3.25. The van der Waals surface area contributed by atoms with Crippen LogP contribution in [0.5, 0.6) is 0 Å². The van der Waals surface area contributed by atoms with Crippen LogP contribution in [0, 0.1) is 0 Å². The summed E-state index contributed by atoms with van der Waals surface area (Å²) < 4.78 is 1.98. The van der Waals surface area contributed by atoms with Crippen molar-refractivity contribution in [1.29, 1.82) is 0 Å². The lowest BCUT2D eigenvalue weighted by molar-refractivity contribution is -0.115. The Morgan fingerprint density at radius 3 is 2.96 bits per heavy atom. The maximum atomic E-state index is 12.3. The number of fused-ring (bicyclic) bond motifs is 3. The lowest BCUT2D eigenvalue weighted by Crippen LogP contribution is -2.22. The van der Waals surface area contributed by atoms with Gasteiger partial charge in [-0.05, 0) is 30.5 Å². The third kappa shape index (κ3) is 2.74. The van der Waals surface area contributed by atoms with Crippen LogP contribution in [-0.2, 0) is 4.79 Å². The molecule has 0 unspecified atom stereocenters. The van der Waals surface area contributed by atoms with Crippen LogP contribution in [0.1, 0.15) is 6.92 Å². The molecule has 0 aliphatic heterocycles. The molecule has 1 aromatic carbocycles. The molecule has 1 atom stereocenters. The smallest absolute Gasteiger partial charge is 0.239 e. The van der Waals surface area contributed by atoms with Gasteiger partial charge < -0.3 is 5.32 Å². The predicted molar refractivity (Wildman–Crippen MR) is 96.6 cm³/mol. The Hall–Kier alpha value is -2.45. The van der Waals surface area contributed by atoms with Crippen molar-refractivity contribution in [2.75, 3.05) is 5.32 Å². The highest BCUT2D eigenvalue weighted by Crippen LogP contribution is 2.26. The fourth-order valence-electron chi connectivity index (χ4n) is 2.39. The number of carbonyl (C=O) groups is 1. The highest BCUT2D eigenvalue weighted by molar-refractivity contribution is 8.00. The van der Waals surface area contributed by atoms with Gasteiger partial charge in [-0.1, -0.05) is 30.0 Å². The Labute approximate surface area is 145 Å². The molecule has 24 heavy (non-hydrogen) atoms. The average molecular weight is 355 g/mol. The van der Waals surface area contributed by atoms with Crippen molar-refractivity contribution in [2.45, 2.75) is 17.3 Å². The molecule has 0 aliphatic carbocycles. The second-order valence-electron chi connectivity index (χ2n) is 5.15. The summed E-state index contributed by atoms with van der Waals surface area (Å²) in [5.41, 5.74) is 1.79. The van der Waals surface area contributed by atoms with Gasteiger partial charge >= 0.3 is 0 Å². The van der Waals surface area contributed by atoms with Gasteiger partial charge in [0.25, 0.3) is 0 Å².